The molecule has 2 rings (SSSR count). The Morgan fingerprint density at radius 1 is 1.22 bits per heavy atom. The molecule has 0 spiro atoms. The lowest BCUT2D eigenvalue weighted by Gasteiger charge is -2.08. The summed E-state index contributed by atoms with van der Waals surface area (Å²) in [6.45, 7) is 0.487. The molecule has 18 heavy (non-hydrogen) atoms. The highest BCUT2D eigenvalue weighted by molar-refractivity contribution is 7.89. The molecule has 0 saturated carbocycles. The van der Waals surface area contributed by atoms with E-state index in [2.05, 4.69) is 9.71 Å². The summed E-state index contributed by atoms with van der Waals surface area (Å²) in [4.78, 5) is 4.35. The summed E-state index contributed by atoms with van der Waals surface area (Å²) >= 11 is 0. The van der Waals surface area contributed by atoms with Crippen LogP contribution < -0.4 is 10.5 Å². The SMILES string of the molecule is Cl.NCCNS(=O)(=O)c1cccc2ncccc12. The Morgan fingerprint density at radius 3 is 2.72 bits per heavy atom. The standard InChI is InChI=1S/C11H13N3O2S.ClH/c12-6-8-14-17(15,16)11-5-1-4-10-9(11)3-2-7-13-10;/h1-5,7,14H,6,8,12H2;1H. The molecule has 0 atom stereocenters. The molecule has 5 nitrogen and oxygen atoms in total. The predicted octanol–water partition coefficient (Wildman–Crippen LogP) is 0.894. The zero-order valence-electron chi connectivity index (χ0n) is 9.54. The van der Waals surface area contributed by atoms with Gasteiger partial charge in [-0.1, -0.05) is 6.07 Å². The molecular formula is C11H14ClN3O2S. The Hall–Kier alpha value is -1.21. The summed E-state index contributed by atoms with van der Waals surface area (Å²) in [5.74, 6) is 0. The van der Waals surface area contributed by atoms with Crippen molar-refractivity contribution in [3.63, 3.8) is 0 Å². The van der Waals surface area contributed by atoms with E-state index in [-0.39, 0.29) is 30.4 Å². The van der Waals surface area contributed by atoms with Gasteiger partial charge in [-0.2, -0.15) is 0 Å². The van der Waals surface area contributed by atoms with Gasteiger partial charge in [-0.05, 0) is 24.3 Å². The number of hydrogen-bond acceptors (Lipinski definition) is 4. The fourth-order valence-electron chi connectivity index (χ4n) is 1.58. The Balaban J connectivity index is 0.00000162. The lowest BCUT2D eigenvalue weighted by molar-refractivity contribution is 0.583. The Bertz CT molecular complexity index is 626. The maximum atomic E-state index is 12.0. The molecule has 0 bridgehead atoms. The van der Waals surface area contributed by atoms with Crippen LogP contribution >= 0.6 is 12.4 Å². The van der Waals surface area contributed by atoms with Gasteiger partial charge in [0, 0.05) is 24.7 Å². The van der Waals surface area contributed by atoms with E-state index in [4.69, 9.17) is 5.73 Å². The average Bonchev–Trinajstić information content (AvgIpc) is 2.36. The number of rotatable bonds is 4. The van der Waals surface area contributed by atoms with Crippen molar-refractivity contribution in [3.05, 3.63) is 36.5 Å². The van der Waals surface area contributed by atoms with Crippen molar-refractivity contribution < 1.29 is 8.42 Å². The molecule has 1 aromatic heterocycles. The number of nitrogens with zero attached hydrogens (tertiary/aromatic N) is 1. The van der Waals surface area contributed by atoms with Crippen molar-refractivity contribution in [1.82, 2.24) is 9.71 Å². The molecule has 2 aromatic rings. The minimum Gasteiger partial charge on any atom is -0.329 e. The molecule has 0 amide bonds. The highest BCUT2D eigenvalue weighted by Gasteiger charge is 2.16. The van der Waals surface area contributed by atoms with E-state index in [1.807, 2.05) is 0 Å². The number of pyridine rings is 1. The fourth-order valence-corrected chi connectivity index (χ4v) is 2.84. The minimum absolute atomic E-state index is 0. The zero-order valence-corrected chi connectivity index (χ0v) is 11.2. The molecule has 0 aliphatic rings. The van der Waals surface area contributed by atoms with Crippen molar-refractivity contribution >= 4 is 33.3 Å². The van der Waals surface area contributed by atoms with Gasteiger partial charge >= 0.3 is 0 Å². The molecule has 0 aliphatic heterocycles. The summed E-state index contributed by atoms with van der Waals surface area (Å²) in [5, 5.41) is 0.611. The van der Waals surface area contributed by atoms with Crippen LogP contribution in [0.25, 0.3) is 10.9 Å². The van der Waals surface area contributed by atoms with Gasteiger partial charge < -0.3 is 5.73 Å². The van der Waals surface area contributed by atoms with E-state index in [0.717, 1.165) is 0 Å². The molecule has 1 aromatic carbocycles. The van der Waals surface area contributed by atoms with Crippen LogP contribution in [0.3, 0.4) is 0 Å². The van der Waals surface area contributed by atoms with Crippen molar-refractivity contribution in [2.45, 2.75) is 4.90 Å². The molecule has 98 valence electrons. The van der Waals surface area contributed by atoms with Gasteiger partial charge in [-0.15, -0.1) is 12.4 Å². The second kappa shape index (κ2) is 6.10. The molecule has 3 N–H and O–H groups in total. The first-order valence-corrected chi connectivity index (χ1v) is 6.67. The van der Waals surface area contributed by atoms with Crippen LogP contribution in [0.4, 0.5) is 0 Å². The number of halogens is 1. The fraction of sp³-hybridized carbons (Fsp3) is 0.182. The van der Waals surface area contributed by atoms with E-state index in [9.17, 15) is 8.42 Å². The normalized spacial score (nSPS) is 11.2. The number of sulfonamides is 1. The van der Waals surface area contributed by atoms with E-state index in [1.165, 1.54) is 0 Å². The Labute approximate surface area is 112 Å². The average molecular weight is 288 g/mol. The first kappa shape index (κ1) is 14.8. The first-order chi connectivity index (χ1) is 8.15. The van der Waals surface area contributed by atoms with Crippen molar-refractivity contribution in [2.75, 3.05) is 13.1 Å². The Morgan fingerprint density at radius 2 is 2.00 bits per heavy atom. The van der Waals surface area contributed by atoms with Gasteiger partial charge in [-0.3, -0.25) is 4.98 Å². The Kier molecular flexibility index (Phi) is 5.03. The maximum Gasteiger partial charge on any atom is 0.241 e. The summed E-state index contributed by atoms with van der Waals surface area (Å²) in [5.41, 5.74) is 5.94. The van der Waals surface area contributed by atoms with Gasteiger partial charge in [0.15, 0.2) is 0 Å². The first-order valence-electron chi connectivity index (χ1n) is 5.18. The summed E-state index contributed by atoms with van der Waals surface area (Å²) in [6.07, 6.45) is 1.63. The molecule has 1 heterocycles. The van der Waals surface area contributed by atoms with E-state index in [1.54, 1.807) is 36.5 Å². The van der Waals surface area contributed by atoms with Crippen LogP contribution in [0.1, 0.15) is 0 Å². The number of aromatic nitrogens is 1. The second-order valence-electron chi connectivity index (χ2n) is 3.51. The molecule has 0 unspecified atom stereocenters. The van der Waals surface area contributed by atoms with E-state index in [0.29, 0.717) is 10.9 Å². The van der Waals surface area contributed by atoms with Crippen LogP contribution in [-0.4, -0.2) is 26.5 Å². The third kappa shape index (κ3) is 2.97. The largest absolute Gasteiger partial charge is 0.329 e. The number of hydrogen-bond donors (Lipinski definition) is 2. The third-order valence-electron chi connectivity index (χ3n) is 2.33. The van der Waals surface area contributed by atoms with E-state index < -0.39 is 10.0 Å². The van der Waals surface area contributed by atoms with Gasteiger partial charge in [0.1, 0.15) is 0 Å². The van der Waals surface area contributed by atoms with Crippen molar-refractivity contribution in [1.29, 1.82) is 0 Å². The molecule has 7 heteroatoms. The quantitative estimate of drug-likeness (QED) is 0.875. The zero-order chi connectivity index (χ0) is 12.3. The van der Waals surface area contributed by atoms with Gasteiger partial charge in [0.25, 0.3) is 0 Å². The van der Waals surface area contributed by atoms with Crippen LogP contribution in [0, 0.1) is 0 Å². The molecule has 0 fully saturated rings. The number of fused-ring (bicyclic) bond motifs is 1. The van der Waals surface area contributed by atoms with Crippen LogP contribution in [-0.2, 0) is 10.0 Å². The monoisotopic (exact) mass is 287 g/mol. The van der Waals surface area contributed by atoms with E-state index >= 15 is 0 Å². The van der Waals surface area contributed by atoms with Crippen LogP contribution in [0.2, 0.25) is 0 Å². The maximum absolute atomic E-state index is 12.0. The molecule has 0 saturated heterocycles. The summed E-state index contributed by atoms with van der Waals surface area (Å²) in [7, 11) is -3.52. The summed E-state index contributed by atoms with van der Waals surface area (Å²) in [6, 6.07) is 8.45. The van der Waals surface area contributed by atoms with Gasteiger partial charge in [0.2, 0.25) is 10.0 Å². The molecular weight excluding hydrogens is 274 g/mol. The minimum atomic E-state index is -3.52. The predicted molar refractivity (Wildman–Crippen MR) is 73.2 cm³/mol. The summed E-state index contributed by atoms with van der Waals surface area (Å²) < 4.78 is 26.5. The van der Waals surface area contributed by atoms with Crippen LogP contribution in [0.5, 0.6) is 0 Å². The molecule has 0 radical (unpaired) electrons. The van der Waals surface area contributed by atoms with Crippen molar-refractivity contribution in [3.8, 4) is 0 Å². The van der Waals surface area contributed by atoms with Crippen LogP contribution in [0.15, 0.2) is 41.4 Å². The third-order valence-corrected chi connectivity index (χ3v) is 3.85. The number of nitrogens with one attached hydrogen (secondary N) is 1. The molecule has 0 aliphatic carbocycles. The lowest BCUT2D eigenvalue weighted by atomic mass is 10.2. The second-order valence-corrected chi connectivity index (χ2v) is 5.25. The van der Waals surface area contributed by atoms with Gasteiger partial charge in [0.05, 0.1) is 10.4 Å². The highest BCUT2D eigenvalue weighted by Crippen LogP contribution is 2.20. The highest BCUT2D eigenvalue weighted by atomic mass is 35.5. The number of nitrogens with two attached hydrogens (primary N) is 1. The van der Waals surface area contributed by atoms with Gasteiger partial charge in [-0.25, -0.2) is 13.1 Å². The van der Waals surface area contributed by atoms with Crippen molar-refractivity contribution in [2.24, 2.45) is 5.73 Å². The number of benzene rings is 1. The lowest BCUT2D eigenvalue weighted by Crippen LogP contribution is -2.29. The topological polar surface area (TPSA) is 85.1 Å². The smallest absolute Gasteiger partial charge is 0.241 e.